The molecule has 0 spiro atoms. The second-order valence-corrected chi connectivity index (χ2v) is 8.33. The van der Waals surface area contributed by atoms with E-state index in [-0.39, 0.29) is 17.9 Å². The summed E-state index contributed by atoms with van der Waals surface area (Å²) in [5.74, 6) is 0.697. The van der Waals surface area contributed by atoms with Crippen molar-refractivity contribution in [1.82, 2.24) is 24.4 Å². The summed E-state index contributed by atoms with van der Waals surface area (Å²) in [6.07, 6.45) is 5.68. The van der Waals surface area contributed by atoms with Crippen molar-refractivity contribution in [2.24, 2.45) is 5.16 Å². The molecule has 1 aliphatic rings. The van der Waals surface area contributed by atoms with E-state index in [9.17, 15) is 4.39 Å². The van der Waals surface area contributed by atoms with Crippen molar-refractivity contribution in [1.29, 1.82) is 0 Å². The van der Waals surface area contributed by atoms with Gasteiger partial charge in [0.2, 0.25) is 5.88 Å². The van der Waals surface area contributed by atoms with Gasteiger partial charge in [-0.05, 0) is 51.1 Å². The van der Waals surface area contributed by atoms with Gasteiger partial charge in [-0.15, -0.1) is 0 Å². The first-order chi connectivity index (χ1) is 15.9. The van der Waals surface area contributed by atoms with Crippen LogP contribution in [0.15, 0.2) is 54.2 Å². The van der Waals surface area contributed by atoms with Gasteiger partial charge in [0.25, 0.3) is 0 Å². The maximum absolute atomic E-state index is 13.9. The SMILES string of the molecule is COc1nc(C2=NOCC(c3cn(C(C)C)c4cc(F)ccc34)N2)ccc1-n1cnc(C)c1. The van der Waals surface area contributed by atoms with Crippen molar-refractivity contribution in [2.45, 2.75) is 32.9 Å². The number of oxime groups is 1. The number of methoxy groups -OCH3 is 1. The Morgan fingerprint density at radius 3 is 2.79 bits per heavy atom. The molecule has 4 aromatic rings. The molecular formula is C24H25FN6O2. The second kappa shape index (κ2) is 8.23. The molecule has 1 aliphatic heterocycles. The summed E-state index contributed by atoms with van der Waals surface area (Å²) in [5.41, 5.74) is 4.14. The van der Waals surface area contributed by atoms with E-state index >= 15 is 0 Å². The van der Waals surface area contributed by atoms with Crippen molar-refractivity contribution in [2.75, 3.05) is 13.7 Å². The van der Waals surface area contributed by atoms with E-state index in [1.807, 2.05) is 35.9 Å². The number of benzene rings is 1. The van der Waals surface area contributed by atoms with Gasteiger partial charge in [-0.3, -0.25) is 0 Å². The van der Waals surface area contributed by atoms with Gasteiger partial charge in [0, 0.05) is 29.4 Å². The summed E-state index contributed by atoms with van der Waals surface area (Å²) >= 11 is 0. The highest BCUT2D eigenvalue weighted by Gasteiger charge is 2.26. The molecule has 3 aromatic heterocycles. The lowest BCUT2D eigenvalue weighted by Crippen LogP contribution is -2.36. The number of rotatable bonds is 5. The zero-order valence-corrected chi connectivity index (χ0v) is 18.9. The number of fused-ring (bicyclic) bond motifs is 1. The number of halogens is 1. The van der Waals surface area contributed by atoms with E-state index < -0.39 is 0 Å². The summed E-state index contributed by atoms with van der Waals surface area (Å²) in [7, 11) is 1.58. The molecule has 1 N–H and O–H groups in total. The van der Waals surface area contributed by atoms with E-state index in [1.165, 1.54) is 6.07 Å². The Kier molecular flexibility index (Phi) is 5.24. The van der Waals surface area contributed by atoms with Gasteiger partial charge in [0.05, 0.1) is 30.7 Å². The van der Waals surface area contributed by atoms with Crippen LogP contribution in [0.3, 0.4) is 0 Å². The zero-order chi connectivity index (χ0) is 23.1. The fourth-order valence-electron chi connectivity index (χ4n) is 4.12. The van der Waals surface area contributed by atoms with E-state index in [0.717, 1.165) is 27.8 Å². The molecule has 9 heteroatoms. The van der Waals surface area contributed by atoms with Gasteiger partial charge in [-0.2, -0.15) is 0 Å². The van der Waals surface area contributed by atoms with Gasteiger partial charge in [0.1, 0.15) is 23.8 Å². The minimum absolute atomic E-state index is 0.172. The van der Waals surface area contributed by atoms with Crippen molar-refractivity contribution < 1.29 is 14.0 Å². The fraction of sp³-hybridized carbons (Fsp3) is 0.292. The quantitative estimate of drug-likeness (QED) is 0.493. The molecule has 170 valence electrons. The Balaban J connectivity index is 1.48. The highest BCUT2D eigenvalue weighted by Crippen LogP contribution is 2.31. The first kappa shape index (κ1) is 21.0. The molecule has 5 rings (SSSR count). The van der Waals surface area contributed by atoms with Crippen LogP contribution in [0.5, 0.6) is 5.88 Å². The summed E-state index contributed by atoms with van der Waals surface area (Å²) in [6, 6.07) is 8.65. The first-order valence-corrected chi connectivity index (χ1v) is 10.8. The predicted molar refractivity (Wildman–Crippen MR) is 123 cm³/mol. The number of ether oxygens (including phenoxy) is 1. The number of pyridine rings is 1. The number of aromatic nitrogens is 4. The van der Waals surface area contributed by atoms with E-state index in [0.29, 0.717) is 24.0 Å². The van der Waals surface area contributed by atoms with Gasteiger partial charge in [0.15, 0.2) is 5.84 Å². The van der Waals surface area contributed by atoms with Crippen LogP contribution < -0.4 is 10.1 Å². The largest absolute Gasteiger partial charge is 0.479 e. The van der Waals surface area contributed by atoms with Crippen LogP contribution in [0.25, 0.3) is 16.6 Å². The van der Waals surface area contributed by atoms with E-state index in [4.69, 9.17) is 9.57 Å². The van der Waals surface area contributed by atoms with Crippen molar-refractivity contribution >= 4 is 16.7 Å². The third-order valence-corrected chi connectivity index (χ3v) is 5.73. The van der Waals surface area contributed by atoms with Crippen molar-refractivity contribution in [3.05, 3.63) is 71.8 Å². The second-order valence-electron chi connectivity index (χ2n) is 8.33. The minimum Gasteiger partial charge on any atom is -0.479 e. The zero-order valence-electron chi connectivity index (χ0n) is 18.9. The average Bonchev–Trinajstić information content (AvgIpc) is 3.42. The molecule has 4 heterocycles. The molecule has 0 saturated carbocycles. The lowest BCUT2D eigenvalue weighted by atomic mass is 10.1. The summed E-state index contributed by atoms with van der Waals surface area (Å²) in [6.45, 7) is 6.42. The average molecular weight is 449 g/mol. The lowest BCUT2D eigenvalue weighted by molar-refractivity contribution is 0.109. The van der Waals surface area contributed by atoms with Gasteiger partial charge in [-0.1, -0.05) is 5.16 Å². The molecule has 33 heavy (non-hydrogen) atoms. The molecule has 1 aromatic carbocycles. The first-order valence-electron chi connectivity index (χ1n) is 10.8. The Hall–Kier alpha value is -3.88. The maximum Gasteiger partial charge on any atom is 0.238 e. The number of amidine groups is 1. The van der Waals surface area contributed by atoms with Crippen molar-refractivity contribution in [3.8, 4) is 11.6 Å². The third kappa shape index (κ3) is 3.79. The maximum atomic E-state index is 13.9. The smallest absolute Gasteiger partial charge is 0.238 e. The van der Waals surface area contributed by atoms with E-state index in [1.54, 1.807) is 19.5 Å². The normalized spacial score (nSPS) is 15.9. The number of hydrogen-bond donors (Lipinski definition) is 1. The number of nitrogens with zero attached hydrogens (tertiary/aromatic N) is 5. The molecule has 0 radical (unpaired) electrons. The molecule has 0 fully saturated rings. The van der Waals surface area contributed by atoms with Crippen LogP contribution in [0.1, 0.15) is 42.9 Å². The van der Waals surface area contributed by atoms with Crippen LogP contribution in [0.2, 0.25) is 0 Å². The van der Waals surface area contributed by atoms with Crippen LogP contribution in [-0.2, 0) is 4.84 Å². The highest BCUT2D eigenvalue weighted by atomic mass is 19.1. The molecule has 1 atom stereocenters. The lowest BCUT2D eigenvalue weighted by Gasteiger charge is -2.24. The van der Waals surface area contributed by atoms with Gasteiger partial charge >= 0.3 is 0 Å². The summed E-state index contributed by atoms with van der Waals surface area (Å²) < 4.78 is 23.4. The standard InChI is InChI=1S/C24H25FN6O2/c1-14(2)31-11-18(17-6-5-16(25)9-22(17)31)20-12-33-29-23(27-20)19-7-8-21(24(28-19)32-4)30-10-15(3)26-13-30/h5-11,13-14,20H,12H2,1-4H3,(H,27,29). The minimum atomic E-state index is -0.256. The highest BCUT2D eigenvalue weighted by molar-refractivity contribution is 5.98. The van der Waals surface area contributed by atoms with E-state index in [2.05, 4.69) is 45.1 Å². The van der Waals surface area contributed by atoms with Crippen LogP contribution in [-0.4, -0.2) is 38.7 Å². The summed E-state index contributed by atoms with van der Waals surface area (Å²) in [4.78, 5) is 14.5. The molecule has 0 aliphatic carbocycles. The fourth-order valence-corrected chi connectivity index (χ4v) is 4.12. The Morgan fingerprint density at radius 1 is 1.21 bits per heavy atom. The number of nitrogens with one attached hydrogen (secondary N) is 1. The monoisotopic (exact) mass is 448 g/mol. The van der Waals surface area contributed by atoms with Crippen molar-refractivity contribution in [3.63, 3.8) is 0 Å². The van der Waals surface area contributed by atoms with Crippen LogP contribution in [0, 0.1) is 12.7 Å². The number of aryl methyl sites for hydroxylation is 1. The molecule has 0 bridgehead atoms. The molecule has 0 saturated heterocycles. The number of hydrogen-bond acceptors (Lipinski definition) is 6. The number of imidazole rings is 1. The Morgan fingerprint density at radius 2 is 2.06 bits per heavy atom. The molecular weight excluding hydrogens is 423 g/mol. The van der Waals surface area contributed by atoms with Gasteiger partial charge in [-0.25, -0.2) is 14.4 Å². The predicted octanol–water partition coefficient (Wildman–Crippen LogP) is 4.28. The van der Waals surface area contributed by atoms with Gasteiger partial charge < -0.3 is 24.0 Å². The molecule has 8 nitrogen and oxygen atoms in total. The third-order valence-electron chi connectivity index (χ3n) is 5.73. The molecule has 0 amide bonds. The van der Waals surface area contributed by atoms with Crippen LogP contribution >= 0.6 is 0 Å². The Labute approximate surface area is 190 Å². The topological polar surface area (TPSA) is 78.5 Å². The summed E-state index contributed by atoms with van der Waals surface area (Å²) in [5, 5.41) is 8.61. The van der Waals surface area contributed by atoms with Crippen LogP contribution in [0.4, 0.5) is 4.39 Å². The molecule has 1 unspecified atom stereocenters. The Bertz CT molecular complexity index is 1360.